The van der Waals surface area contributed by atoms with Gasteiger partial charge in [0.1, 0.15) is 11.6 Å². The SMILES string of the molecule is COC(Oc1cccc2ccccc12)C(=O)Nc1ccccn1. The van der Waals surface area contributed by atoms with Crippen LogP contribution in [-0.4, -0.2) is 24.3 Å². The third kappa shape index (κ3) is 3.46. The minimum atomic E-state index is -1.07. The van der Waals surface area contributed by atoms with E-state index in [1.54, 1.807) is 24.4 Å². The van der Waals surface area contributed by atoms with Gasteiger partial charge in [0, 0.05) is 18.7 Å². The summed E-state index contributed by atoms with van der Waals surface area (Å²) in [7, 11) is 1.42. The summed E-state index contributed by atoms with van der Waals surface area (Å²) in [5, 5.41) is 4.61. The molecule has 0 saturated carbocycles. The molecule has 1 aromatic heterocycles. The predicted molar refractivity (Wildman–Crippen MR) is 88.2 cm³/mol. The van der Waals surface area contributed by atoms with Gasteiger partial charge in [0.05, 0.1) is 0 Å². The molecule has 0 aliphatic carbocycles. The molecule has 0 bridgehead atoms. The van der Waals surface area contributed by atoms with E-state index in [1.807, 2.05) is 42.5 Å². The number of fused-ring (bicyclic) bond motifs is 1. The van der Waals surface area contributed by atoms with Crippen LogP contribution in [0.15, 0.2) is 66.9 Å². The molecule has 0 fully saturated rings. The van der Waals surface area contributed by atoms with Crippen molar-refractivity contribution in [2.45, 2.75) is 6.29 Å². The average molecular weight is 308 g/mol. The van der Waals surface area contributed by atoms with E-state index in [4.69, 9.17) is 9.47 Å². The number of rotatable bonds is 5. The number of benzene rings is 2. The summed E-state index contributed by atoms with van der Waals surface area (Å²) in [6.45, 7) is 0. The Morgan fingerprint density at radius 2 is 1.83 bits per heavy atom. The number of aromatic nitrogens is 1. The van der Waals surface area contributed by atoms with E-state index < -0.39 is 12.2 Å². The minimum absolute atomic E-state index is 0.417. The van der Waals surface area contributed by atoms with Crippen molar-refractivity contribution in [3.8, 4) is 5.75 Å². The second kappa shape index (κ2) is 6.89. The fraction of sp³-hybridized carbons (Fsp3) is 0.111. The van der Waals surface area contributed by atoms with Crippen LogP contribution in [0, 0.1) is 0 Å². The largest absolute Gasteiger partial charge is 0.455 e. The smallest absolute Gasteiger partial charge is 0.295 e. The van der Waals surface area contributed by atoms with E-state index in [2.05, 4.69) is 10.3 Å². The van der Waals surface area contributed by atoms with Crippen molar-refractivity contribution in [3.05, 3.63) is 66.9 Å². The standard InChI is InChI=1S/C18H16N2O3/c1-22-18(17(21)20-16-11-4-5-12-19-16)23-15-10-6-8-13-7-2-3-9-14(13)15/h2-12,18H,1H3,(H,19,20,21). The molecule has 3 rings (SSSR count). The van der Waals surface area contributed by atoms with Crippen LogP contribution < -0.4 is 10.1 Å². The number of methoxy groups -OCH3 is 1. The van der Waals surface area contributed by atoms with Gasteiger partial charge in [-0.15, -0.1) is 0 Å². The highest BCUT2D eigenvalue weighted by Crippen LogP contribution is 2.26. The Morgan fingerprint density at radius 3 is 2.61 bits per heavy atom. The zero-order valence-electron chi connectivity index (χ0n) is 12.6. The van der Waals surface area contributed by atoms with Gasteiger partial charge in [0.15, 0.2) is 0 Å². The third-order valence-electron chi connectivity index (χ3n) is 3.33. The Bertz CT molecular complexity index is 800. The van der Waals surface area contributed by atoms with Crippen LogP contribution in [0.4, 0.5) is 5.82 Å². The minimum Gasteiger partial charge on any atom is -0.455 e. The Balaban J connectivity index is 1.80. The first-order valence-electron chi connectivity index (χ1n) is 7.17. The van der Waals surface area contributed by atoms with Gasteiger partial charge in [0.2, 0.25) is 0 Å². The fourth-order valence-electron chi connectivity index (χ4n) is 2.24. The Kier molecular flexibility index (Phi) is 4.49. The van der Waals surface area contributed by atoms with Crippen LogP contribution >= 0.6 is 0 Å². The number of amides is 1. The molecule has 1 heterocycles. The molecule has 3 aromatic rings. The van der Waals surface area contributed by atoms with Gasteiger partial charge in [-0.1, -0.05) is 42.5 Å². The second-order valence-electron chi connectivity index (χ2n) is 4.87. The number of ether oxygens (including phenoxy) is 2. The van der Waals surface area contributed by atoms with Crippen molar-refractivity contribution in [1.29, 1.82) is 0 Å². The van der Waals surface area contributed by atoms with Gasteiger partial charge in [-0.25, -0.2) is 4.98 Å². The summed E-state index contributed by atoms with van der Waals surface area (Å²) >= 11 is 0. The number of nitrogens with zero attached hydrogens (tertiary/aromatic N) is 1. The summed E-state index contributed by atoms with van der Waals surface area (Å²) in [5.41, 5.74) is 0. The number of anilines is 1. The number of hydrogen-bond acceptors (Lipinski definition) is 4. The summed E-state index contributed by atoms with van der Waals surface area (Å²) < 4.78 is 10.9. The molecule has 1 amide bonds. The summed E-state index contributed by atoms with van der Waals surface area (Å²) in [4.78, 5) is 16.3. The highest BCUT2D eigenvalue weighted by Gasteiger charge is 2.21. The number of pyridine rings is 1. The number of nitrogens with one attached hydrogen (secondary N) is 1. The van der Waals surface area contributed by atoms with E-state index in [1.165, 1.54) is 7.11 Å². The number of carbonyl (C=O) groups excluding carboxylic acids is 1. The molecule has 5 nitrogen and oxygen atoms in total. The van der Waals surface area contributed by atoms with Gasteiger partial charge < -0.3 is 14.8 Å². The molecular weight excluding hydrogens is 292 g/mol. The van der Waals surface area contributed by atoms with E-state index in [0.29, 0.717) is 11.6 Å². The molecule has 0 saturated heterocycles. The zero-order valence-corrected chi connectivity index (χ0v) is 12.6. The van der Waals surface area contributed by atoms with Crippen LogP contribution in [-0.2, 0) is 9.53 Å². The van der Waals surface area contributed by atoms with E-state index in [-0.39, 0.29) is 0 Å². The van der Waals surface area contributed by atoms with Crippen LogP contribution in [0.3, 0.4) is 0 Å². The average Bonchev–Trinajstić information content (AvgIpc) is 2.60. The van der Waals surface area contributed by atoms with Gasteiger partial charge in [0.25, 0.3) is 12.2 Å². The molecule has 2 aromatic carbocycles. The molecule has 116 valence electrons. The van der Waals surface area contributed by atoms with Crippen LogP contribution in [0.25, 0.3) is 10.8 Å². The van der Waals surface area contributed by atoms with Crippen molar-refractivity contribution < 1.29 is 14.3 Å². The third-order valence-corrected chi connectivity index (χ3v) is 3.33. The van der Waals surface area contributed by atoms with E-state index in [9.17, 15) is 4.79 Å². The zero-order chi connectivity index (χ0) is 16.1. The van der Waals surface area contributed by atoms with Gasteiger partial charge in [-0.05, 0) is 23.6 Å². The lowest BCUT2D eigenvalue weighted by Gasteiger charge is -2.18. The van der Waals surface area contributed by atoms with Crippen molar-refractivity contribution in [3.63, 3.8) is 0 Å². The van der Waals surface area contributed by atoms with Crippen molar-refractivity contribution in [1.82, 2.24) is 4.98 Å². The lowest BCUT2D eigenvalue weighted by atomic mass is 10.1. The fourth-order valence-corrected chi connectivity index (χ4v) is 2.24. The second-order valence-corrected chi connectivity index (χ2v) is 4.87. The Morgan fingerprint density at radius 1 is 1.04 bits per heavy atom. The molecule has 0 aliphatic heterocycles. The molecule has 0 aliphatic rings. The summed E-state index contributed by atoms with van der Waals surface area (Å²) in [5.74, 6) is 0.617. The molecule has 23 heavy (non-hydrogen) atoms. The molecule has 0 radical (unpaired) electrons. The first kappa shape index (κ1) is 15.0. The van der Waals surface area contributed by atoms with Gasteiger partial charge in [-0.2, -0.15) is 0 Å². The van der Waals surface area contributed by atoms with Crippen LogP contribution in [0.5, 0.6) is 5.75 Å². The van der Waals surface area contributed by atoms with Crippen LogP contribution in [0.1, 0.15) is 0 Å². The van der Waals surface area contributed by atoms with E-state index in [0.717, 1.165) is 10.8 Å². The topological polar surface area (TPSA) is 60.5 Å². The molecule has 0 spiro atoms. The molecule has 1 unspecified atom stereocenters. The maximum atomic E-state index is 12.3. The summed E-state index contributed by atoms with van der Waals surface area (Å²) in [6.07, 6.45) is 0.533. The van der Waals surface area contributed by atoms with Crippen LogP contribution in [0.2, 0.25) is 0 Å². The molecule has 1 N–H and O–H groups in total. The number of hydrogen-bond donors (Lipinski definition) is 1. The molecular formula is C18H16N2O3. The first-order chi connectivity index (χ1) is 11.3. The van der Waals surface area contributed by atoms with Crippen molar-refractivity contribution in [2.24, 2.45) is 0 Å². The summed E-state index contributed by atoms with van der Waals surface area (Å²) in [6, 6.07) is 18.7. The van der Waals surface area contributed by atoms with E-state index >= 15 is 0 Å². The predicted octanol–water partition coefficient (Wildman–Crippen LogP) is 3.22. The normalized spacial score (nSPS) is 11.9. The van der Waals surface area contributed by atoms with Gasteiger partial charge >= 0.3 is 0 Å². The first-order valence-corrected chi connectivity index (χ1v) is 7.17. The Hall–Kier alpha value is -2.92. The van der Waals surface area contributed by atoms with Crippen molar-refractivity contribution in [2.75, 3.05) is 12.4 Å². The van der Waals surface area contributed by atoms with Crippen molar-refractivity contribution >= 4 is 22.5 Å². The molecule has 5 heteroatoms. The quantitative estimate of drug-likeness (QED) is 0.735. The Labute approximate surface area is 133 Å². The molecule has 1 atom stereocenters. The van der Waals surface area contributed by atoms with Gasteiger partial charge in [-0.3, -0.25) is 4.79 Å². The maximum absolute atomic E-state index is 12.3. The lowest BCUT2D eigenvalue weighted by molar-refractivity contribution is -0.142. The highest BCUT2D eigenvalue weighted by molar-refractivity contribution is 5.93. The monoisotopic (exact) mass is 308 g/mol. The lowest BCUT2D eigenvalue weighted by Crippen LogP contribution is -2.34. The maximum Gasteiger partial charge on any atom is 0.295 e. The number of carbonyl (C=O) groups is 1. The highest BCUT2D eigenvalue weighted by atomic mass is 16.7.